The van der Waals surface area contributed by atoms with Gasteiger partial charge in [-0.1, -0.05) is 29.8 Å². The number of alkyl halides is 3. The van der Waals surface area contributed by atoms with Crippen LogP contribution in [-0.4, -0.2) is 18.9 Å². The van der Waals surface area contributed by atoms with Crippen LogP contribution >= 0.6 is 0 Å². The molecule has 0 bridgehead atoms. The van der Waals surface area contributed by atoms with E-state index in [9.17, 15) is 31.1 Å². The predicted molar refractivity (Wildman–Crippen MR) is 94.7 cm³/mol. The summed E-state index contributed by atoms with van der Waals surface area (Å²) in [5, 5.41) is 17.8. The van der Waals surface area contributed by atoms with E-state index in [2.05, 4.69) is 0 Å². The summed E-state index contributed by atoms with van der Waals surface area (Å²) < 4.78 is 78.4. The fourth-order valence-corrected chi connectivity index (χ4v) is 2.44. The van der Waals surface area contributed by atoms with Crippen LogP contribution in [0.5, 0.6) is 0 Å². The van der Waals surface area contributed by atoms with E-state index in [-0.39, 0.29) is 6.07 Å². The molecule has 0 atom stereocenters. The number of benzene rings is 2. The van der Waals surface area contributed by atoms with Gasteiger partial charge >= 0.3 is 6.18 Å². The predicted octanol–water partition coefficient (Wildman–Crippen LogP) is 3.69. The molecule has 0 radical (unpaired) electrons. The zero-order valence-electron chi connectivity index (χ0n) is 14.7. The third-order valence-electron chi connectivity index (χ3n) is 3.38. The molecule has 0 aromatic heterocycles. The highest BCUT2D eigenvalue weighted by Gasteiger charge is 2.33. The Hall–Kier alpha value is -2.72. The van der Waals surface area contributed by atoms with Gasteiger partial charge in [0, 0.05) is 0 Å². The minimum atomic E-state index is -4.83. The highest BCUT2D eigenvalue weighted by molar-refractivity contribution is 7.88. The van der Waals surface area contributed by atoms with Gasteiger partial charge in [0.25, 0.3) is 10.1 Å². The maximum Gasteiger partial charge on any atom is 0.417 e. The van der Waals surface area contributed by atoms with Crippen molar-refractivity contribution in [1.29, 1.82) is 5.41 Å². The lowest BCUT2D eigenvalue weighted by atomic mass is 10.1. The molecule has 2 rings (SSSR count). The van der Waals surface area contributed by atoms with Gasteiger partial charge in [-0.05, 0) is 54.6 Å². The van der Waals surface area contributed by atoms with E-state index in [1.54, 1.807) is 0 Å². The summed E-state index contributed by atoms with van der Waals surface area (Å²) in [7, 11) is -4.03. The zero-order valence-corrected chi connectivity index (χ0v) is 15.5. The molecule has 2 aromatic carbocycles. The second-order valence-corrected chi connectivity index (χ2v) is 7.00. The molecule has 2 aromatic rings. The van der Waals surface area contributed by atoms with Gasteiger partial charge < -0.3 is 10.5 Å². The average Bonchev–Trinajstić information content (AvgIpc) is 2.52. The fourth-order valence-electron chi connectivity index (χ4n) is 2.12. The van der Waals surface area contributed by atoms with Crippen LogP contribution < -0.4 is 5.11 Å². The monoisotopic (exact) mass is 418 g/mol. The molecule has 0 aliphatic carbocycles. The molecule has 0 spiro atoms. The van der Waals surface area contributed by atoms with E-state index in [0.717, 1.165) is 22.1 Å². The molecule has 10 heteroatoms. The van der Waals surface area contributed by atoms with Crippen molar-refractivity contribution in [2.45, 2.75) is 20.0 Å². The van der Waals surface area contributed by atoms with Crippen LogP contribution in [0.1, 0.15) is 27.8 Å². The van der Waals surface area contributed by atoms with Crippen molar-refractivity contribution in [1.82, 2.24) is 0 Å². The normalized spacial score (nSPS) is 11.8. The van der Waals surface area contributed by atoms with Gasteiger partial charge in [-0.25, -0.2) is 4.39 Å². The first kappa shape index (κ1) is 23.3. The van der Waals surface area contributed by atoms with Crippen LogP contribution in [0.25, 0.3) is 6.08 Å². The van der Waals surface area contributed by atoms with Crippen LogP contribution in [0.3, 0.4) is 0 Å². The fraction of sp³-hybridized carbons (Fsp3) is 0.167. The lowest BCUT2D eigenvalue weighted by Gasteiger charge is -2.15. The van der Waals surface area contributed by atoms with E-state index in [1.807, 2.05) is 32.0 Å². The molecule has 0 fully saturated rings. The second kappa shape index (κ2) is 8.98. The number of halogens is 4. The molecule has 0 saturated heterocycles. The lowest BCUT2D eigenvalue weighted by molar-refractivity contribution is -0.215. The molecule has 2 N–H and O–H groups in total. The molecule has 0 unspecified atom stereocenters. The van der Waals surface area contributed by atoms with Crippen molar-refractivity contribution >= 4 is 22.1 Å². The maximum absolute atomic E-state index is 12.5. The van der Waals surface area contributed by atoms with Crippen LogP contribution in [-0.2, 0) is 16.3 Å². The third-order valence-corrected chi connectivity index (χ3v) is 3.86. The van der Waals surface area contributed by atoms with Crippen molar-refractivity contribution in [3.05, 3.63) is 75.4 Å². The molecule has 28 heavy (non-hydrogen) atoms. The summed E-state index contributed by atoms with van der Waals surface area (Å²) in [5.41, 5.74) is 0.612. The first-order valence-corrected chi connectivity index (χ1v) is 9.06. The van der Waals surface area contributed by atoms with Gasteiger partial charge in [-0.15, -0.1) is 0 Å². The Morgan fingerprint density at radius 3 is 2.21 bits per heavy atom. The highest BCUT2D eigenvalue weighted by Crippen LogP contribution is 2.32. The first-order chi connectivity index (χ1) is 12.7. The van der Waals surface area contributed by atoms with Crippen LogP contribution in [0.4, 0.5) is 17.6 Å². The van der Waals surface area contributed by atoms with E-state index >= 15 is 0 Å². The number of nitrogens with one attached hydrogen (secondary N) is 1. The van der Waals surface area contributed by atoms with E-state index in [0.29, 0.717) is 12.1 Å². The van der Waals surface area contributed by atoms with Crippen LogP contribution in [0.2, 0.25) is 0 Å². The Morgan fingerprint density at radius 1 is 1.14 bits per heavy atom. The van der Waals surface area contributed by atoms with Gasteiger partial charge in [0.2, 0.25) is 0 Å². The molecule has 152 valence electrons. The minimum Gasteiger partial charge on any atom is -0.859 e. The second-order valence-electron chi connectivity index (χ2n) is 5.69. The van der Waals surface area contributed by atoms with Crippen molar-refractivity contribution in [2.75, 3.05) is 0 Å². The highest BCUT2D eigenvalue weighted by atomic mass is 32.2. The Labute approximate surface area is 159 Å². The number of hydrogen-bond donors (Lipinski definition) is 2. The molecular weight excluding hydrogens is 402 g/mol. The van der Waals surface area contributed by atoms with Crippen molar-refractivity contribution in [2.24, 2.45) is 0 Å². The molecule has 0 amide bonds. The summed E-state index contributed by atoms with van der Waals surface area (Å²) in [6, 6.07) is 7.19. The molecular formula is C18H16F4NO4S-. The summed E-state index contributed by atoms with van der Waals surface area (Å²) in [4.78, 5) is 0. The SMILES string of the molecule is Cc1ccc(/C=C/S(=O)(=O)O)c(C)c1.N=C([O-])c1ccc(F)cc1C(F)(F)F. The Morgan fingerprint density at radius 2 is 1.75 bits per heavy atom. The molecule has 0 aliphatic heterocycles. The van der Waals surface area contributed by atoms with Crippen LogP contribution in [0.15, 0.2) is 41.8 Å². The standard InChI is InChI=1S/C10H12O3S.C8H5F4NO/c1-8-3-4-10(9(2)7-8)5-6-14(11,12)13;9-4-1-2-5(7(13)14)6(3-4)8(10,11)12/h3-7H,1-2H3,(H,11,12,13);1-3H,(H2,13,14)/p-1/b6-5+;. The van der Waals surface area contributed by atoms with Gasteiger partial charge in [0.05, 0.1) is 11.0 Å². The van der Waals surface area contributed by atoms with Gasteiger partial charge in [-0.3, -0.25) is 4.55 Å². The minimum absolute atomic E-state index is 0.196. The number of rotatable bonds is 3. The molecule has 5 nitrogen and oxygen atoms in total. The molecule has 0 heterocycles. The van der Waals surface area contributed by atoms with Gasteiger partial charge in [-0.2, -0.15) is 21.6 Å². The molecule has 0 aliphatic rings. The average molecular weight is 418 g/mol. The maximum atomic E-state index is 12.5. The van der Waals surface area contributed by atoms with Crippen LogP contribution in [0, 0.1) is 25.1 Å². The largest absolute Gasteiger partial charge is 0.859 e. The van der Waals surface area contributed by atoms with Crippen molar-refractivity contribution in [3.8, 4) is 0 Å². The Bertz CT molecular complexity index is 999. The van der Waals surface area contributed by atoms with Gasteiger partial charge in [0.15, 0.2) is 0 Å². The Balaban J connectivity index is 0.000000280. The van der Waals surface area contributed by atoms with E-state index in [4.69, 9.17) is 9.96 Å². The lowest BCUT2D eigenvalue weighted by Crippen LogP contribution is -2.22. The topological polar surface area (TPSA) is 101 Å². The molecule has 0 saturated carbocycles. The third kappa shape index (κ3) is 7.49. The number of aryl methyl sites for hydroxylation is 2. The quantitative estimate of drug-likeness (QED) is 0.344. The number of hydrogen-bond acceptors (Lipinski definition) is 4. The smallest absolute Gasteiger partial charge is 0.417 e. The van der Waals surface area contributed by atoms with E-state index in [1.165, 1.54) is 6.08 Å². The van der Waals surface area contributed by atoms with Crippen molar-refractivity contribution in [3.63, 3.8) is 0 Å². The summed E-state index contributed by atoms with van der Waals surface area (Å²) in [6.07, 6.45) is -3.45. The van der Waals surface area contributed by atoms with E-state index < -0.39 is 39.1 Å². The van der Waals surface area contributed by atoms with Crippen molar-refractivity contribution < 1.29 is 35.6 Å². The first-order valence-electron chi connectivity index (χ1n) is 7.56. The van der Waals surface area contributed by atoms with Gasteiger partial charge in [0.1, 0.15) is 5.82 Å². The summed E-state index contributed by atoms with van der Waals surface area (Å²) in [5.74, 6) is -2.58. The summed E-state index contributed by atoms with van der Waals surface area (Å²) >= 11 is 0. The zero-order chi connectivity index (χ0) is 21.7. The Kier molecular flexibility index (Phi) is 7.48. The summed E-state index contributed by atoms with van der Waals surface area (Å²) in [6.45, 7) is 3.85.